The molecule has 0 aromatic rings. The van der Waals surface area contributed by atoms with Crippen molar-refractivity contribution >= 4 is 70.8 Å². The first-order valence-corrected chi connectivity index (χ1v) is 23.5. The molecule has 0 rings (SSSR count). The predicted molar refractivity (Wildman–Crippen MR) is 262 cm³/mol. The molecule has 0 aliphatic heterocycles. The van der Waals surface area contributed by atoms with E-state index in [0.717, 1.165) is 70.2 Å². The molecule has 0 atom stereocenters. The van der Waals surface area contributed by atoms with E-state index < -0.39 is 0 Å². The van der Waals surface area contributed by atoms with Gasteiger partial charge in [-0.15, -0.1) is 23.5 Å². The molecule has 0 heterocycles. The van der Waals surface area contributed by atoms with E-state index in [1.807, 2.05) is 33.3 Å². The first-order valence-electron chi connectivity index (χ1n) is 20.7. The van der Waals surface area contributed by atoms with Crippen LogP contribution < -0.4 is 47.9 Å². The molecule has 0 aliphatic rings. The van der Waals surface area contributed by atoms with Crippen LogP contribution in [0.3, 0.4) is 0 Å². The Hall–Kier alpha value is -3.58. The van der Waals surface area contributed by atoms with Crippen LogP contribution in [0.2, 0.25) is 0 Å². The van der Waals surface area contributed by atoms with Gasteiger partial charge in [0.1, 0.15) is 0 Å². The van der Waals surface area contributed by atoms with Crippen LogP contribution in [-0.2, 0) is 38.4 Å². The fraction of sp³-hybridized carbons (Fsp3) is 0.810. The summed E-state index contributed by atoms with van der Waals surface area (Å²) >= 11 is 3.20. The van der Waals surface area contributed by atoms with Crippen LogP contribution in [0.1, 0.15) is 155 Å². The molecular formula is C42H95N9O8S2. The molecule has 0 saturated heterocycles. The van der Waals surface area contributed by atoms with E-state index in [1.54, 1.807) is 37.5 Å². The highest BCUT2D eigenvalue weighted by atomic mass is 32.2. The Kier molecular flexibility index (Phi) is 94.5. The number of carbonyl (C=O) groups is 8. The molecule has 0 saturated carbocycles. The number of thioether (sulfide) groups is 2. The summed E-state index contributed by atoms with van der Waals surface area (Å²) in [4.78, 5) is 80.8. The van der Waals surface area contributed by atoms with Gasteiger partial charge >= 0.3 is 0 Å². The lowest BCUT2D eigenvalue weighted by Gasteiger charge is -2.01. The predicted octanol–water partition coefficient (Wildman–Crippen LogP) is 5.04. The van der Waals surface area contributed by atoms with Crippen molar-refractivity contribution in [2.45, 2.75) is 155 Å². The molecule has 0 spiro atoms. The Labute approximate surface area is 381 Å². The van der Waals surface area contributed by atoms with Crippen molar-refractivity contribution in [3.63, 3.8) is 0 Å². The normalized spacial score (nSPS) is 8.39. The summed E-state index contributed by atoms with van der Waals surface area (Å²) in [6, 6.07) is 0. The van der Waals surface area contributed by atoms with E-state index in [-0.39, 0.29) is 54.7 Å². The van der Waals surface area contributed by atoms with Gasteiger partial charge in [-0.25, -0.2) is 0 Å². The van der Waals surface area contributed by atoms with Crippen molar-refractivity contribution in [3.05, 3.63) is 0 Å². The molecule has 0 fully saturated rings. The molecule has 0 aromatic carbocycles. The van der Waals surface area contributed by atoms with Gasteiger partial charge in [0.15, 0.2) is 0 Å². The number of nitrogens with one attached hydrogen (secondary N) is 9. The highest BCUT2D eigenvalue weighted by molar-refractivity contribution is 7.98. The van der Waals surface area contributed by atoms with Gasteiger partial charge in [-0.3, -0.25) is 38.4 Å². The minimum Gasteiger partial charge on any atom is -0.357 e. The Balaban J connectivity index is -0.0000000730. The van der Waals surface area contributed by atoms with Crippen molar-refractivity contribution in [3.8, 4) is 0 Å². The second kappa shape index (κ2) is 73.9. The standard InChI is InChI=1S/C10H21NO.C6H13NO.C5H11NO.C4H10N2O.2C4H9NOS.2C4H9NO.CH4/c1-3-4-5-6-7-8-9-11-10(2)12;1-3-4-5-7-6(2)8;1-3-4-6-5(2)7;1-4(7)6-3-5-2;2*1-4(6)5-3-7-2;2*1-3-5-4(2)6;/h3-9H2,1-2H3,(H,11,12);3-5H2,1-2H3,(H,7,8);3-4H2,1-2H3,(H,6,7);5H,3H2,1-2H3,(H,6,7);2*3H2,1-2H3,(H,5,6);2*3H2,1-2H3,(H,5,6);1H4. The summed E-state index contributed by atoms with van der Waals surface area (Å²) in [6.45, 7) is 26.7. The van der Waals surface area contributed by atoms with Crippen LogP contribution in [-0.4, -0.2) is 118 Å². The van der Waals surface area contributed by atoms with Crippen LogP contribution in [0, 0.1) is 0 Å². The maximum Gasteiger partial charge on any atom is 0.217 e. The number of hydrogen-bond acceptors (Lipinski definition) is 11. The summed E-state index contributed by atoms with van der Waals surface area (Å²) < 4.78 is 0. The molecule has 0 radical (unpaired) electrons. The third kappa shape index (κ3) is 159. The molecule has 368 valence electrons. The van der Waals surface area contributed by atoms with Gasteiger partial charge < -0.3 is 47.9 Å². The highest BCUT2D eigenvalue weighted by Gasteiger charge is 1.92. The maximum absolute atomic E-state index is 10.5. The molecule has 9 N–H and O–H groups in total. The van der Waals surface area contributed by atoms with E-state index in [1.165, 1.54) is 80.6 Å². The quantitative estimate of drug-likeness (QED) is 0.0579. The number of hydrogen-bond donors (Lipinski definition) is 9. The van der Waals surface area contributed by atoms with Crippen LogP contribution in [0.5, 0.6) is 0 Å². The lowest BCUT2D eigenvalue weighted by molar-refractivity contribution is -0.119. The molecule has 17 nitrogen and oxygen atoms in total. The zero-order valence-corrected chi connectivity index (χ0v) is 42.2. The smallest absolute Gasteiger partial charge is 0.217 e. The van der Waals surface area contributed by atoms with Gasteiger partial charge in [-0.2, -0.15) is 0 Å². The number of unbranched alkanes of at least 4 members (excludes halogenated alkanes) is 6. The summed E-state index contributed by atoms with van der Waals surface area (Å²) in [5.74, 6) is 1.79. The molecular weight excluding hydrogens is 823 g/mol. The Bertz CT molecular complexity index is 910. The summed E-state index contributed by atoms with van der Waals surface area (Å²) in [5.41, 5.74) is 0. The van der Waals surface area contributed by atoms with Crippen molar-refractivity contribution in [2.24, 2.45) is 0 Å². The molecule has 0 unspecified atom stereocenters. The molecule has 0 aliphatic carbocycles. The first-order chi connectivity index (χ1) is 28.2. The largest absolute Gasteiger partial charge is 0.357 e. The minimum absolute atomic E-state index is 0. The maximum atomic E-state index is 10.5. The van der Waals surface area contributed by atoms with Crippen molar-refractivity contribution < 1.29 is 38.4 Å². The monoisotopic (exact) mass is 918 g/mol. The zero-order chi connectivity index (χ0) is 48.4. The van der Waals surface area contributed by atoms with E-state index in [4.69, 9.17) is 0 Å². The zero-order valence-electron chi connectivity index (χ0n) is 40.6. The van der Waals surface area contributed by atoms with E-state index in [0.29, 0.717) is 6.67 Å². The van der Waals surface area contributed by atoms with E-state index in [9.17, 15) is 38.4 Å². The molecule has 0 bridgehead atoms. The fourth-order valence-corrected chi connectivity index (χ4v) is 3.67. The lowest BCUT2D eigenvalue weighted by atomic mass is 10.1. The third-order valence-electron chi connectivity index (χ3n) is 5.73. The van der Waals surface area contributed by atoms with E-state index in [2.05, 4.69) is 61.7 Å². The second-order valence-corrected chi connectivity index (χ2v) is 14.1. The minimum atomic E-state index is -0.00523. The SMILES string of the molecule is C.CCCCCCCCNC(C)=O.CCCCNC(C)=O.CCCNC(C)=O.CCNC(C)=O.CCNC(C)=O.CNCNC(C)=O.CSCNC(C)=O.CSCNC(C)=O. The Morgan fingerprint density at radius 2 is 0.656 bits per heavy atom. The van der Waals surface area contributed by atoms with Gasteiger partial charge in [0.05, 0.1) is 18.4 Å². The Morgan fingerprint density at radius 3 is 0.852 bits per heavy atom. The van der Waals surface area contributed by atoms with Gasteiger partial charge in [0.2, 0.25) is 47.3 Å². The van der Waals surface area contributed by atoms with Crippen LogP contribution in [0.4, 0.5) is 0 Å². The number of carbonyl (C=O) groups excluding carboxylic acids is 8. The van der Waals surface area contributed by atoms with Crippen molar-refractivity contribution in [1.29, 1.82) is 0 Å². The van der Waals surface area contributed by atoms with Gasteiger partial charge in [-0.05, 0) is 52.7 Å². The van der Waals surface area contributed by atoms with E-state index >= 15 is 0 Å². The van der Waals surface area contributed by atoms with Crippen LogP contribution >= 0.6 is 23.5 Å². The molecule has 0 aromatic heterocycles. The van der Waals surface area contributed by atoms with Gasteiger partial charge in [-0.1, -0.05) is 66.7 Å². The van der Waals surface area contributed by atoms with Gasteiger partial charge in [0.25, 0.3) is 0 Å². The van der Waals surface area contributed by atoms with Gasteiger partial charge in [0, 0.05) is 88.1 Å². The fourth-order valence-electron chi connectivity index (χ4n) is 2.97. The number of amides is 8. The average Bonchev–Trinajstić information content (AvgIpc) is 3.15. The number of rotatable bonds is 20. The van der Waals surface area contributed by atoms with Crippen molar-refractivity contribution in [2.75, 3.05) is 70.7 Å². The highest BCUT2D eigenvalue weighted by Crippen LogP contribution is 2.03. The van der Waals surface area contributed by atoms with Crippen LogP contribution in [0.15, 0.2) is 0 Å². The summed E-state index contributed by atoms with van der Waals surface area (Å²) in [7, 11) is 1.77. The average molecular weight is 918 g/mol. The summed E-state index contributed by atoms with van der Waals surface area (Å²) in [6.07, 6.45) is 14.8. The molecule has 61 heavy (non-hydrogen) atoms. The summed E-state index contributed by atoms with van der Waals surface area (Å²) in [5, 5.41) is 23.9. The second-order valence-electron chi connectivity index (χ2n) is 12.3. The molecule has 8 amide bonds. The lowest BCUT2D eigenvalue weighted by Crippen LogP contribution is -2.29. The Morgan fingerprint density at radius 1 is 0.361 bits per heavy atom. The van der Waals surface area contributed by atoms with Crippen LogP contribution in [0.25, 0.3) is 0 Å². The first kappa shape index (κ1) is 78.0. The molecule has 19 heteroatoms. The van der Waals surface area contributed by atoms with Crippen molar-refractivity contribution in [1.82, 2.24) is 47.9 Å². The third-order valence-corrected chi connectivity index (χ3v) is 6.59. The topological polar surface area (TPSA) is 245 Å².